The van der Waals surface area contributed by atoms with Gasteiger partial charge in [0.05, 0.1) is 23.3 Å². The van der Waals surface area contributed by atoms with Gasteiger partial charge >= 0.3 is 5.97 Å². The number of hydrogen-bond acceptors (Lipinski definition) is 6. The maximum Gasteiger partial charge on any atom is 0.338 e. The Morgan fingerprint density at radius 1 is 1.06 bits per heavy atom. The molecule has 0 bridgehead atoms. The smallest absolute Gasteiger partial charge is 0.338 e. The van der Waals surface area contributed by atoms with Crippen molar-refractivity contribution in [2.24, 2.45) is 0 Å². The van der Waals surface area contributed by atoms with Crippen LogP contribution in [-0.2, 0) is 39.1 Å². The van der Waals surface area contributed by atoms with Gasteiger partial charge in [0.15, 0.2) is 6.10 Å². The van der Waals surface area contributed by atoms with E-state index in [4.69, 9.17) is 9.15 Å². The van der Waals surface area contributed by atoms with Crippen molar-refractivity contribution in [1.82, 2.24) is 9.62 Å². The Morgan fingerprint density at radius 2 is 1.79 bits per heavy atom. The lowest BCUT2D eigenvalue weighted by atomic mass is 9.99. The first-order chi connectivity index (χ1) is 15.8. The molecule has 0 spiro atoms. The molecule has 1 amide bonds. The van der Waals surface area contributed by atoms with E-state index in [0.29, 0.717) is 18.8 Å². The number of ether oxygens (including phenoxy) is 1. The molecule has 0 saturated carbocycles. The predicted molar refractivity (Wildman–Crippen MR) is 120 cm³/mol. The van der Waals surface area contributed by atoms with Crippen LogP contribution in [0.3, 0.4) is 0 Å². The SMILES string of the molecule is CC(OC(=O)c1ccc(S(=O)(=O)NCc2ccco2)cc1)C(=O)N1CCc2ccccc2C1. The van der Waals surface area contributed by atoms with Crippen molar-refractivity contribution in [3.63, 3.8) is 0 Å². The Bertz CT molecular complexity index is 1240. The molecule has 2 aromatic carbocycles. The molecule has 1 N–H and O–H groups in total. The zero-order valence-electron chi connectivity index (χ0n) is 18.1. The Labute approximate surface area is 192 Å². The normalized spacial score (nSPS) is 14.4. The highest BCUT2D eigenvalue weighted by Crippen LogP contribution is 2.20. The number of nitrogens with one attached hydrogen (secondary N) is 1. The quantitative estimate of drug-likeness (QED) is 0.535. The summed E-state index contributed by atoms with van der Waals surface area (Å²) < 4.78 is 37.7. The second-order valence-electron chi connectivity index (χ2n) is 7.75. The van der Waals surface area contributed by atoms with Crippen LogP contribution in [0.1, 0.15) is 34.2 Å². The van der Waals surface area contributed by atoms with Gasteiger partial charge in [-0.2, -0.15) is 0 Å². The van der Waals surface area contributed by atoms with Crippen LogP contribution in [0.4, 0.5) is 0 Å². The van der Waals surface area contributed by atoms with Crippen LogP contribution in [0.25, 0.3) is 0 Å². The van der Waals surface area contributed by atoms with Gasteiger partial charge in [-0.15, -0.1) is 0 Å². The maximum atomic E-state index is 12.8. The van der Waals surface area contributed by atoms with Gasteiger partial charge in [0.25, 0.3) is 5.91 Å². The number of hydrogen-bond donors (Lipinski definition) is 1. The first-order valence-electron chi connectivity index (χ1n) is 10.5. The molecular weight excluding hydrogens is 444 g/mol. The minimum absolute atomic E-state index is 0.00159. The van der Waals surface area contributed by atoms with Gasteiger partial charge in [0.1, 0.15) is 5.76 Å². The number of nitrogens with zero attached hydrogens (tertiary/aromatic N) is 1. The van der Waals surface area contributed by atoms with Gasteiger partial charge in [0.2, 0.25) is 10.0 Å². The molecular formula is C24H24N2O6S. The third-order valence-electron chi connectivity index (χ3n) is 5.49. The molecule has 1 aliphatic rings. The summed E-state index contributed by atoms with van der Waals surface area (Å²) in [5, 5.41) is 0. The third-order valence-corrected chi connectivity index (χ3v) is 6.91. The molecule has 33 heavy (non-hydrogen) atoms. The topological polar surface area (TPSA) is 106 Å². The molecule has 1 aromatic heterocycles. The number of esters is 1. The second-order valence-corrected chi connectivity index (χ2v) is 9.52. The Kier molecular flexibility index (Phi) is 6.62. The number of sulfonamides is 1. The lowest BCUT2D eigenvalue weighted by molar-refractivity contribution is -0.140. The Hall–Kier alpha value is -3.43. The van der Waals surface area contributed by atoms with E-state index in [2.05, 4.69) is 10.8 Å². The van der Waals surface area contributed by atoms with Crippen LogP contribution < -0.4 is 4.72 Å². The van der Waals surface area contributed by atoms with Crippen molar-refractivity contribution in [3.05, 3.63) is 89.4 Å². The lowest BCUT2D eigenvalue weighted by Gasteiger charge is -2.30. The summed E-state index contributed by atoms with van der Waals surface area (Å²) >= 11 is 0. The number of amides is 1. The van der Waals surface area contributed by atoms with Gasteiger partial charge in [-0.1, -0.05) is 24.3 Å². The van der Waals surface area contributed by atoms with E-state index in [9.17, 15) is 18.0 Å². The molecule has 4 rings (SSSR count). The summed E-state index contributed by atoms with van der Waals surface area (Å²) in [4.78, 5) is 27.0. The van der Waals surface area contributed by atoms with Crippen LogP contribution in [0.15, 0.2) is 76.2 Å². The van der Waals surface area contributed by atoms with Gasteiger partial charge in [-0.05, 0) is 60.9 Å². The van der Waals surface area contributed by atoms with E-state index in [1.165, 1.54) is 43.0 Å². The van der Waals surface area contributed by atoms with E-state index in [1.54, 1.807) is 17.0 Å². The fourth-order valence-corrected chi connectivity index (χ4v) is 4.65. The molecule has 9 heteroatoms. The van der Waals surface area contributed by atoms with Crippen molar-refractivity contribution < 1.29 is 27.2 Å². The molecule has 172 valence electrons. The van der Waals surface area contributed by atoms with Crippen LogP contribution in [0.2, 0.25) is 0 Å². The summed E-state index contributed by atoms with van der Waals surface area (Å²) in [7, 11) is -3.78. The highest BCUT2D eigenvalue weighted by atomic mass is 32.2. The maximum absolute atomic E-state index is 12.8. The highest BCUT2D eigenvalue weighted by molar-refractivity contribution is 7.89. The number of rotatable bonds is 7. The van der Waals surface area contributed by atoms with Crippen molar-refractivity contribution in [2.75, 3.05) is 6.54 Å². The molecule has 0 fully saturated rings. The molecule has 2 heterocycles. The minimum atomic E-state index is -3.78. The van der Waals surface area contributed by atoms with Crippen molar-refractivity contribution in [1.29, 1.82) is 0 Å². The number of carbonyl (C=O) groups is 2. The fraction of sp³-hybridized carbons (Fsp3) is 0.250. The van der Waals surface area contributed by atoms with E-state index in [1.807, 2.05) is 18.2 Å². The van der Waals surface area contributed by atoms with E-state index < -0.39 is 22.1 Å². The first-order valence-corrected chi connectivity index (χ1v) is 12.0. The van der Waals surface area contributed by atoms with Crippen molar-refractivity contribution in [2.45, 2.75) is 37.4 Å². The third kappa shape index (κ3) is 5.32. The molecule has 1 atom stereocenters. The van der Waals surface area contributed by atoms with Gasteiger partial charge in [0, 0.05) is 13.1 Å². The molecule has 8 nitrogen and oxygen atoms in total. The van der Waals surface area contributed by atoms with Crippen LogP contribution in [0, 0.1) is 0 Å². The predicted octanol–water partition coefficient (Wildman–Crippen LogP) is 2.89. The average Bonchev–Trinajstić information content (AvgIpc) is 3.36. The molecule has 0 radical (unpaired) electrons. The number of fused-ring (bicyclic) bond motifs is 1. The van der Waals surface area contributed by atoms with Crippen molar-refractivity contribution >= 4 is 21.9 Å². The summed E-state index contributed by atoms with van der Waals surface area (Å²) in [6, 6.07) is 16.6. The lowest BCUT2D eigenvalue weighted by Crippen LogP contribution is -2.42. The molecule has 0 saturated heterocycles. The van der Waals surface area contributed by atoms with Crippen LogP contribution in [-0.4, -0.2) is 37.8 Å². The number of carbonyl (C=O) groups excluding carboxylic acids is 2. The second kappa shape index (κ2) is 9.60. The number of benzene rings is 2. The molecule has 1 unspecified atom stereocenters. The summed E-state index contributed by atoms with van der Waals surface area (Å²) in [5.41, 5.74) is 2.47. The van der Waals surface area contributed by atoms with Crippen LogP contribution >= 0.6 is 0 Å². The molecule has 3 aromatic rings. The first kappa shape index (κ1) is 22.8. The van der Waals surface area contributed by atoms with Crippen molar-refractivity contribution in [3.8, 4) is 0 Å². The summed E-state index contributed by atoms with van der Waals surface area (Å²) in [6.07, 6.45) is 1.26. The molecule has 0 aliphatic carbocycles. The van der Waals surface area contributed by atoms with Crippen LogP contribution in [0.5, 0.6) is 0 Å². The Morgan fingerprint density at radius 3 is 2.48 bits per heavy atom. The monoisotopic (exact) mass is 468 g/mol. The average molecular weight is 469 g/mol. The zero-order chi connectivity index (χ0) is 23.4. The minimum Gasteiger partial charge on any atom is -0.468 e. The van der Waals surface area contributed by atoms with E-state index in [0.717, 1.165) is 12.0 Å². The van der Waals surface area contributed by atoms with E-state index in [-0.39, 0.29) is 22.9 Å². The molecule has 1 aliphatic heterocycles. The van der Waals surface area contributed by atoms with Gasteiger partial charge in [-0.3, -0.25) is 4.79 Å². The Balaban J connectivity index is 1.35. The van der Waals surface area contributed by atoms with Gasteiger partial charge in [-0.25, -0.2) is 17.9 Å². The number of furan rings is 1. The summed E-state index contributed by atoms with van der Waals surface area (Å²) in [6.45, 7) is 2.60. The van der Waals surface area contributed by atoms with E-state index >= 15 is 0 Å². The highest BCUT2D eigenvalue weighted by Gasteiger charge is 2.27. The standard InChI is InChI=1S/C24H24N2O6S/c1-17(23(27)26-13-12-18-5-2-3-6-20(18)16-26)32-24(28)19-8-10-22(11-9-19)33(29,30)25-15-21-7-4-14-31-21/h2-11,14,17,25H,12-13,15-16H2,1H3. The van der Waals surface area contributed by atoms with Gasteiger partial charge < -0.3 is 14.1 Å². The fourth-order valence-electron chi connectivity index (χ4n) is 3.65. The largest absolute Gasteiger partial charge is 0.468 e. The zero-order valence-corrected chi connectivity index (χ0v) is 18.9. The summed E-state index contributed by atoms with van der Waals surface area (Å²) in [5.74, 6) is -0.477.